The molecule has 1 aromatic rings. The van der Waals surface area contributed by atoms with Crippen LogP contribution in [0.1, 0.15) is 60.8 Å². The van der Waals surface area contributed by atoms with Crippen LogP contribution in [0.25, 0.3) is 0 Å². The van der Waals surface area contributed by atoms with Crippen LogP contribution in [0, 0.1) is 5.82 Å². The third-order valence-corrected chi connectivity index (χ3v) is 6.89. The van der Waals surface area contributed by atoms with Crippen LogP contribution in [-0.2, 0) is 25.7 Å². The lowest BCUT2D eigenvalue weighted by Crippen LogP contribution is -2.57. The molecular formula is C21H22FN3O4. The molecule has 2 N–H and O–H groups in total. The number of ketones is 1. The molecule has 1 aliphatic carbocycles. The number of fused-ring (bicyclic) bond motifs is 3. The highest BCUT2D eigenvalue weighted by Gasteiger charge is 2.47. The number of Topliss-reactive ketones (excluding diaryl/α,β-unsaturated/α-hetero) is 1. The summed E-state index contributed by atoms with van der Waals surface area (Å²) in [7, 11) is 0. The van der Waals surface area contributed by atoms with Crippen LogP contribution in [0.3, 0.4) is 0 Å². The van der Waals surface area contributed by atoms with Crippen molar-refractivity contribution in [1.29, 1.82) is 0 Å². The number of carbonyl (C=O) groups excluding carboxylic acids is 4. The second kappa shape index (κ2) is 6.81. The molecule has 8 heteroatoms. The van der Waals surface area contributed by atoms with Crippen LogP contribution < -0.4 is 10.6 Å². The molecule has 0 spiro atoms. The van der Waals surface area contributed by atoms with Gasteiger partial charge in [0.1, 0.15) is 11.9 Å². The lowest BCUT2D eigenvalue weighted by atomic mass is 9.71. The molecule has 5 aliphatic rings. The number of benzene rings is 1. The fraction of sp³-hybridized carbons (Fsp3) is 0.524. The molecule has 4 heterocycles. The Hall–Kier alpha value is -2.45. The number of rotatable bonds is 4. The minimum atomic E-state index is -0.983. The second-order valence-electron chi connectivity index (χ2n) is 8.56. The lowest BCUT2D eigenvalue weighted by Gasteiger charge is -2.47. The Labute approximate surface area is 167 Å². The molecule has 29 heavy (non-hydrogen) atoms. The lowest BCUT2D eigenvalue weighted by molar-refractivity contribution is -0.141. The number of aldehydes is 1. The number of amides is 2. The van der Waals surface area contributed by atoms with Crippen molar-refractivity contribution in [3.05, 3.63) is 34.6 Å². The normalized spacial score (nSPS) is 33.6. The zero-order chi connectivity index (χ0) is 20.3. The molecule has 6 rings (SSSR count). The van der Waals surface area contributed by atoms with E-state index < -0.39 is 29.6 Å². The third kappa shape index (κ3) is 2.93. The van der Waals surface area contributed by atoms with Crippen molar-refractivity contribution >= 4 is 23.9 Å². The molecule has 4 aliphatic heterocycles. The van der Waals surface area contributed by atoms with Crippen molar-refractivity contribution in [3.63, 3.8) is 0 Å². The number of halogens is 1. The van der Waals surface area contributed by atoms with Crippen molar-refractivity contribution in [2.75, 3.05) is 0 Å². The SMILES string of the molecule is O=CC(=O)C1c2c(C3CC4CC(C3)N4)ccc(F)c2CN1C1CCC(=O)NC1=O. The van der Waals surface area contributed by atoms with Crippen LogP contribution >= 0.6 is 0 Å². The Morgan fingerprint density at radius 3 is 2.55 bits per heavy atom. The summed E-state index contributed by atoms with van der Waals surface area (Å²) < 4.78 is 14.8. The summed E-state index contributed by atoms with van der Waals surface area (Å²) >= 11 is 0. The average Bonchev–Trinajstić information content (AvgIpc) is 3.08. The molecule has 152 valence electrons. The maximum atomic E-state index is 14.8. The Bertz CT molecular complexity index is 917. The van der Waals surface area contributed by atoms with Crippen LogP contribution in [-0.4, -0.2) is 46.9 Å². The fourth-order valence-electron chi connectivity index (χ4n) is 5.61. The van der Waals surface area contributed by atoms with Gasteiger partial charge in [-0.15, -0.1) is 0 Å². The Kier molecular flexibility index (Phi) is 4.36. The van der Waals surface area contributed by atoms with Gasteiger partial charge in [-0.25, -0.2) is 4.39 Å². The monoisotopic (exact) mass is 399 g/mol. The van der Waals surface area contributed by atoms with Crippen LogP contribution in [0.15, 0.2) is 12.1 Å². The van der Waals surface area contributed by atoms with Crippen molar-refractivity contribution in [2.45, 2.75) is 68.7 Å². The summed E-state index contributed by atoms with van der Waals surface area (Å²) in [6, 6.07) is 2.31. The second-order valence-corrected chi connectivity index (χ2v) is 8.56. The highest BCUT2D eigenvalue weighted by Crippen LogP contribution is 2.47. The summed E-state index contributed by atoms with van der Waals surface area (Å²) in [5.41, 5.74) is 1.85. The van der Waals surface area contributed by atoms with Crippen LogP contribution in [0.2, 0.25) is 0 Å². The van der Waals surface area contributed by atoms with Crippen LogP contribution in [0.5, 0.6) is 0 Å². The summed E-state index contributed by atoms with van der Waals surface area (Å²) in [6.07, 6.45) is 3.62. The minimum absolute atomic E-state index is 0.0728. The number of nitrogens with one attached hydrogen (secondary N) is 2. The molecule has 1 saturated carbocycles. The van der Waals surface area contributed by atoms with Crippen molar-refractivity contribution < 1.29 is 23.6 Å². The van der Waals surface area contributed by atoms with E-state index in [0.717, 1.165) is 24.8 Å². The summed E-state index contributed by atoms with van der Waals surface area (Å²) in [5.74, 6) is -1.77. The molecule has 4 unspecified atom stereocenters. The van der Waals surface area contributed by atoms with E-state index in [-0.39, 0.29) is 37.5 Å². The van der Waals surface area contributed by atoms with E-state index in [1.807, 2.05) is 0 Å². The predicted octanol–water partition coefficient (Wildman–Crippen LogP) is 0.863. The summed E-state index contributed by atoms with van der Waals surface area (Å²) in [5, 5.41) is 5.77. The molecule has 3 saturated heterocycles. The topological polar surface area (TPSA) is 95.6 Å². The number of imide groups is 1. The molecular weight excluding hydrogens is 377 g/mol. The summed E-state index contributed by atoms with van der Waals surface area (Å²) in [4.78, 5) is 49.7. The zero-order valence-corrected chi connectivity index (χ0v) is 15.8. The minimum Gasteiger partial charge on any atom is -0.311 e. The van der Waals surface area contributed by atoms with Gasteiger partial charge in [0.2, 0.25) is 17.6 Å². The Morgan fingerprint density at radius 2 is 1.90 bits per heavy atom. The van der Waals surface area contributed by atoms with Crippen LogP contribution in [0.4, 0.5) is 4.39 Å². The number of carbonyl (C=O) groups is 4. The molecule has 0 aromatic heterocycles. The van der Waals surface area contributed by atoms with Crippen molar-refractivity contribution in [1.82, 2.24) is 15.5 Å². The van der Waals surface area contributed by atoms with Gasteiger partial charge in [0, 0.05) is 30.6 Å². The van der Waals surface area contributed by atoms with Gasteiger partial charge < -0.3 is 5.32 Å². The van der Waals surface area contributed by atoms with E-state index in [0.29, 0.717) is 23.2 Å². The van der Waals surface area contributed by atoms with Gasteiger partial charge in [0.25, 0.3) is 0 Å². The first-order valence-electron chi connectivity index (χ1n) is 10.1. The number of piperidine rings is 2. The molecule has 1 aromatic carbocycles. The van der Waals surface area contributed by atoms with Gasteiger partial charge in [-0.1, -0.05) is 6.07 Å². The molecule has 2 amide bonds. The fourth-order valence-corrected chi connectivity index (χ4v) is 5.61. The zero-order valence-electron chi connectivity index (χ0n) is 15.8. The van der Waals surface area contributed by atoms with E-state index in [9.17, 15) is 23.6 Å². The number of hydrogen-bond acceptors (Lipinski definition) is 6. The average molecular weight is 399 g/mol. The maximum Gasteiger partial charge on any atom is 0.243 e. The molecule has 4 fully saturated rings. The first-order valence-corrected chi connectivity index (χ1v) is 10.1. The summed E-state index contributed by atoms with van der Waals surface area (Å²) in [6.45, 7) is 0.0728. The highest BCUT2D eigenvalue weighted by atomic mass is 19.1. The van der Waals surface area contributed by atoms with Gasteiger partial charge >= 0.3 is 0 Å². The standard InChI is InChI=1S/C21H22FN3O4/c22-15-2-1-13(10-5-11-7-12(6-10)23-11)19-14(15)8-25(20(19)17(27)9-26)16-3-4-18(28)24-21(16)29/h1-2,9-12,16,20,23H,3-8H2,(H,24,28,29). The first-order chi connectivity index (χ1) is 14.0. The van der Waals surface area contributed by atoms with Gasteiger partial charge in [0.05, 0.1) is 6.04 Å². The van der Waals surface area contributed by atoms with Gasteiger partial charge in [-0.05, 0) is 48.8 Å². The first kappa shape index (κ1) is 18.6. The van der Waals surface area contributed by atoms with E-state index in [4.69, 9.17) is 0 Å². The predicted molar refractivity (Wildman–Crippen MR) is 99.2 cm³/mol. The van der Waals surface area contributed by atoms with Crippen molar-refractivity contribution in [2.24, 2.45) is 0 Å². The molecule has 7 nitrogen and oxygen atoms in total. The number of nitrogens with zero attached hydrogens (tertiary/aromatic N) is 1. The third-order valence-electron chi connectivity index (χ3n) is 6.89. The number of hydrogen-bond donors (Lipinski definition) is 2. The molecule has 0 radical (unpaired) electrons. The van der Waals surface area contributed by atoms with Gasteiger partial charge in [0.15, 0.2) is 6.29 Å². The smallest absolute Gasteiger partial charge is 0.243 e. The maximum absolute atomic E-state index is 14.8. The van der Waals surface area contributed by atoms with Gasteiger partial charge in [-0.2, -0.15) is 0 Å². The molecule has 2 bridgehead atoms. The largest absolute Gasteiger partial charge is 0.311 e. The highest BCUT2D eigenvalue weighted by molar-refractivity contribution is 6.27. The van der Waals surface area contributed by atoms with E-state index in [2.05, 4.69) is 10.6 Å². The quantitative estimate of drug-likeness (QED) is 0.443. The van der Waals surface area contributed by atoms with E-state index in [1.165, 1.54) is 6.07 Å². The van der Waals surface area contributed by atoms with Crippen molar-refractivity contribution in [3.8, 4) is 0 Å². The molecule has 4 atom stereocenters. The Morgan fingerprint density at radius 1 is 1.17 bits per heavy atom. The Balaban J connectivity index is 1.56. The van der Waals surface area contributed by atoms with Gasteiger partial charge in [-0.3, -0.25) is 29.4 Å². The van der Waals surface area contributed by atoms with E-state index in [1.54, 1.807) is 11.0 Å². The van der Waals surface area contributed by atoms with E-state index >= 15 is 0 Å².